The Morgan fingerprint density at radius 2 is 2.28 bits per heavy atom. The third-order valence-electron chi connectivity index (χ3n) is 3.80. The molecule has 2 aromatic rings. The van der Waals surface area contributed by atoms with Crippen LogP contribution in [0.5, 0.6) is 0 Å². The first kappa shape index (κ1) is 12.2. The molecule has 3 heteroatoms. The second-order valence-electron chi connectivity index (χ2n) is 5.30. The molecule has 1 aromatic carbocycles. The fourth-order valence-corrected chi connectivity index (χ4v) is 3.74. The molecule has 3 rings (SSSR count). The number of nitrogens with one attached hydrogen (secondary N) is 1. The molecule has 1 saturated heterocycles. The summed E-state index contributed by atoms with van der Waals surface area (Å²) in [4.78, 5) is 2.42. The van der Waals surface area contributed by atoms with E-state index in [9.17, 15) is 0 Å². The van der Waals surface area contributed by atoms with Crippen LogP contribution in [-0.2, 0) is 6.54 Å². The normalized spacial score (nSPS) is 20.8. The summed E-state index contributed by atoms with van der Waals surface area (Å²) in [6.07, 6.45) is 1.34. The fourth-order valence-electron chi connectivity index (χ4n) is 2.77. The lowest BCUT2D eigenvalue weighted by atomic mass is 10.1. The summed E-state index contributed by atoms with van der Waals surface area (Å²) in [7, 11) is 2.21. The van der Waals surface area contributed by atoms with E-state index in [-0.39, 0.29) is 0 Å². The maximum absolute atomic E-state index is 3.62. The summed E-state index contributed by atoms with van der Waals surface area (Å²) in [5.74, 6) is 0.833. The first-order valence-electron chi connectivity index (χ1n) is 6.67. The van der Waals surface area contributed by atoms with E-state index in [1.807, 2.05) is 11.3 Å². The molecule has 2 nitrogen and oxygen atoms in total. The van der Waals surface area contributed by atoms with Crippen molar-refractivity contribution in [3.05, 3.63) is 35.2 Å². The predicted molar refractivity (Wildman–Crippen MR) is 79.1 cm³/mol. The quantitative estimate of drug-likeness (QED) is 0.909. The summed E-state index contributed by atoms with van der Waals surface area (Å²) in [6, 6.07) is 8.68. The molecule has 0 spiro atoms. The van der Waals surface area contributed by atoms with Gasteiger partial charge in [0.2, 0.25) is 0 Å². The largest absolute Gasteiger partial charge is 0.312 e. The van der Waals surface area contributed by atoms with Crippen molar-refractivity contribution in [3.63, 3.8) is 0 Å². The molecule has 2 heterocycles. The van der Waals surface area contributed by atoms with Crippen LogP contribution in [0.25, 0.3) is 10.1 Å². The molecular formula is C15H20N2S. The van der Waals surface area contributed by atoms with Gasteiger partial charge in [-0.25, -0.2) is 0 Å². The van der Waals surface area contributed by atoms with E-state index in [1.54, 1.807) is 0 Å². The zero-order valence-electron chi connectivity index (χ0n) is 10.9. The lowest BCUT2D eigenvalue weighted by Crippen LogP contribution is -2.24. The Morgan fingerprint density at radius 1 is 1.39 bits per heavy atom. The Labute approximate surface area is 113 Å². The molecule has 1 unspecified atom stereocenters. The maximum atomic E-state index is 3.62. The van der Waals surface area contributed by atoms with Gasteiger partial charge < -0.3 is 10.2 Å². The SMILES string of the molecule is CN1CCC(CNCc2csc3ccccc23)C1. The Bertz CT molecular complexity index is 520. The Balaban J connectivity index is 1.57. The molecule has 96 valence electrons. The lowest BCUT2D eigenvalue weighted by molar-refractivity contribution is 0.388. The molecule has 0 saturated carbocycles. The molecular weight excluding hydrogens is 240 g/mol. The molecule has 1 atom stereocenters. The number of thiophene rings is 1. The van der Waals surface area contributed by atoms with Crippen molar-refractivity contribution in [2.75, 3.05) is 26.7 Å². The molecule has 1 aromatic heterocycles. The fraction of sp³-hybridized carbons (Fsp3) is 0.467. The zero-order chi connectivity index (χ0) is 12.4. The number of likely N-dealkylation sites (tertiary alicyclic amines) is 1. The summed E-state index contributed by atoms with van der Waals surface area (Å²) >= 11 is 1.85. The average Bonchev–Trinajstić information content (AvgIpc) is 2.97. The van der Waals surface area contributed by atoms with Gasteiger partial charge in [-0.1, -0.05) is 18.2 Å². The van der Waals surface area contributed by atoms with Crippen molar-refractivity contribution >= 4 is 21.4 Å². The first-order chi connectivity index (χ1) is 8.83. The van der Waals surface area contributed by atoms with Gasteiger partial charge in [-0.3, -0.25) is 0 Å². The van der Waals surface area contributed by atoms with Gasteiger partial charge in [0.05, 0.1) is 0 Å². The minimum absolute atomic E-state index is 0.833. The van der Waals surface area contributed by atoms with Crippen LogP contribution in [-0.4, -0.2) is 31.6 Å². The van der Waals surface area contributed by atoms with Crippen LogP contribution in [0.2, 0.25) is 0 Å². The van der Waals surface area contributed by atoms with E-state index < -0.39 is 0 Å². The zero-order valence-corrected chi connectivity index (χ0v) is 11.7. The van der Waals surface area contributed by atoms with E-state index in [0.29, 0.717) is 0 Å². The van der Waals surface area contributed by atoms with Gasteiger partial charge in [0.1, 0.15) is 0 Å². The summed E-state index contributed by atoms with van der Waals surface area (Å²) in [5.41, 5.74) is 1.45. The summed E-state index contributed by atoms with van der Waals surface area (Å²) < 4.78 is 1.40. The molecule has 0 radical (unpaired) electrons. The van der Waals surface area contributed by atoms with E-state index in [1.165, 1.54) is 35.2 Å². The minimum Gasteiger partial charge on any atom is -0.312 e. The van der Waals surface area contributed by atoms with Crippen LogP contribution in [0.15, 0.2) is 29.6 Å². The monoisotopic (exact) mass is 260 g/mol. The van der Waals surface area contributed by atoms with E-state index in [4.69, 9.17) is 0 Å². The third kappa shape index (κ3) is 2.58. The molecule has 0 aliphatic carbocycles. The highest BCUT2D eigenvalue weighted by atomic mass is 32.1. The van der Waals surface area contributed by atoms with Crippen molar-refractivity contribution in [1.29, 1.82) is 0 Å². The molecule has 1 aliphatic heterocycles. The molecule has 18 heavy (non-hydrogen) atoms. The van der Waals surface area contributed by atoms with Gasteiger partial charge in [0.25, 0.3) is 0 Å². The van der Waals surface area contributed by atoms with Gasteiger partial charge in [0, 0.05) is 17.8 Å². The van der Waals surface area contributed by atoms with E-state index >= 15 is 0 Å². The number of benzene rings is 1. The highest BCUT2D eigenvalue weighted by Crippen LogP contribution is 2.25. The Kier molecular flexibility index (Phi) is 3.64. The highest BCUT2D eigenvalue weighted by Gasteiger charge is 2.18. The number of rotatable bonds is 4. The smallest absolute Gasteiger partial charge is 0.0346 e. The van der Waals surface area contributed by atoms with Gasteiger partial charge in [-0.2, -0.15) is 0 Å². The molecule has 1 fully saturated rings. The minimum atomic E-state index is 0.833. The summed E-state index contributed by atoms with van der Waals surface area (Å²) in [6.45, 7) is 4.66. The molecule has 0 bridgehead atoms. The van der Waals surface area contributed by atoms with Crippen LogP contribution in [0.4, 0.5) is 0 Å². The molecule has 1 N–H and O–H groups in total. The van der Waals surface area contributed by atoms with Gasteiger partial charge in [0.15, 0.2) is 0 Å². The van der Waals surface area contributed by atoms with Gasteiger partial charge in [-0.05, 0) is 54.9 Å². The third-order valence-corrected chi connectivity index (χ3v) is 4.81. The lowest BCUT2D eigenvalue weighted by Gasteiger charge is -2.11. The summed E-state index contributed by atoms with van der Waals surface area (Å²) in [5, 5.41) is 7.33. The standard InChI is InChI=1S/C15H20N2S/c1-17-7-6-12(10-17)8-16-9-13-11-18-15-5-3-2-4-14(13)15/h2-5,11-12,16H,6-10H2,1H3. The van der Waals surface area contributed by atoms with Crippen LogP contribution in [0.3, 0.4) is 0 Å². The van der Waals surface area contributed by atoms with Crippen molar-refractivity contribution < 1.29 is 0 Å². The van der Waals surface area contributed by atoms with Gasteiger partial charge in [-0.15, -0.1) is 11.3 Å². The highest BCUT2D eigenvalue weighted by molar-refractivity contribution is 7.17. The number of fused-ring (bicyclic) bond motifs is 1. The first-order valence-corrected chi connectivity index (χ1v) is 7.55. The number of hydrogen-bond acceptors (Lipinski definition) is 3. The number of hydrogen-bond donors (Lipinski definition) is 1. The Hall–Kier alpha value is -0.900. The van der Waals surface area contributed by atoms with Crippen molar-refractivity contribution in [2.45, 2.75) is 13.0 Å². The van der Waals surface area contributed by atoms with Crippen molar-refractivity contribution in [2.24, 2.45) is 5.92 Å². The second-order valence-corrected chi connectivity index (χ2v) is 6.22. The van der Waals surface area contributed by atoms with Crippen molar-refractivity contribution in [1.82, 2.24) is 10.2 Å². The second kappa shape index (κ2) is 5.39. The number of nitrogens with zero attached hydrogens (tertiary/aromatic N) is 1. The van der Waals surface area contributed by atoms with Crippen LogP contribution in [0.1, 0.15) is 12.0 Å². The molecule has 0 amide bonds. The van der Waals surface area contributed by atoms with E-state index in [0.717, 1.165) is 19.0 Å². The van der Waals surface area contributed by atoms with Crippen LogP contribution in [0, 0.1) is 5.92 Å². The van der Waals surface area contributed by atoms with Crippen LogP contribution >= 0.6 is 11.3 Å². The Morgan fingerprint density at radius 3 is 3.11 bits per heavy atom. The predicted octanol–water partition coefficient (Wildman–Crippen LogP) is 2.94. The van der Waals surface area contributed by atoms with Crippen LogP contribution < -0.4 is 5.32 Å². The van der Waals surface area contributed by atoms with E-state index in [2.05, 4.69) is 46.9 Å². The van der Waals surface area contributed by atoms with Gasteiger partial charge >= 0.3 is 0 Å². The average molecular weight is 260 g/mol. The topological polar surface area (TPSA) is 15.3 Å². The molecule has 1 aliphatic rings. The maximum Gasteiger partial charge on any atom is 0.0346 e. The van der Waals surface area contributed by atoms with Crippen molar-refractivity contribution in [3.8, 4) is 0 Å².